The van der Waals surface area contributed by atoms with Crippen molar-refractivity contribution in [2.45, 2.75) is 6.42 Å². The van der Waals surface area contributed by atoms with Crippen molar-refractivity contribution >= 4 is 22.4 Å². The summed E-state index contributed by atoms with van der Waals surface area (Å²) in [6.45, 7) is 0.686. The van der Waals surface area contributed by atoms with Gasteiger partial charge in [0, 0.05) is 30.8 Å². The lowest BCUT2D eigenvalue weighted by atomic mass is 10.0. The zero-order valence-corrected chi connectivity index (χ0v) is 10.6. The third-order valence-corrected chi connectivity index (χ3v) is 3.56. The van der Waals surface area contributed by atoms with Crippen LogP contribution in [0.25, 0.3) is 10.8 Å². The van der Waals surface area contributed by atoms with E-state index in [9.17, 15) is 4.79 Å². The molecule has 2 aromatic rings. The fraction of sp³-hybridized carbons (Fsp3) is 0.200. The van der Waals surface area contributed by atoms with E-state index in [1.54, 1.807) is 12.1 Å². The molecular formula is C15H13N3O. The summed E-state index contributed by atoms with van der Waals surface area (Å²) in [5, 5.41) is 14.7. The second-order valence-electron chi connectivity index (χ2n) is 4.58. The molecule has 19 heavy (non-hydrogen) atoms. The standard InChI is InChI=1S/C15H13N3O/c1-17-15(19)8-9-18(17)14-7-6-11(10-16)12-4-2-3-5-13(12)14/h2-7H,8-9H2,1H3. The average molecular weight is 251 g/mol. The van der Waals surface area contributed by atoms with Gasteiger partial charge < -0.3 is 0 Å². The first kappa shape index (κ1) is 11.5. The van der Waals surface area contributed by atoms with Gasteiger partial charge in [-0.1, -0.05) is 24.3 Å². The minimum Gasteiger partial charge on any atom is -0.282 e. The Morgan fingerprint density at radius 2 is 1.89 bits per heavy atom. The molecule has 0 aromatic heterocycles. The highest BCUT2D eigenvalue weighted by molar-refractivity contribution is 5.99. The van der Waals surface area contributed by atoms with Crippen LogP contribution in [0.4, 0.5) is 5.69 Å². The first-order valence-corrected chi connectivity index (χ1v) is 6.18. The third-order valence-electron chi connectivity index (χ3n) is 3.56. The monoisotopic (exact) mass is 251 g/mol. The number of anilines is 1. The highest BCUT2D eigenvalue weighted by Crippen LogP contribution is 2.31. The summed E-state index contributed by atoms with van der Waals surface area (Å²) in [4.78, 5) is 11.6. The van der Waals surface area contributed by atoms with Crippen molar-refractivity contribution < 1.29 is 4.79 Å². The van der Waals surface area contributed by atoms with Gasteiger partial charge in [0.05, 0.1) is 17.3 Å². The molecule has 1 saturated heterocycles. The van der Waals surface area contributed by atoms with Crippen molar-refractivity contribution in [2.24, 2.45) is 0 Å². The molecule has 1 aliphatic heterocycles. The van der Waals surface area contributed by atoms with Crippen LogP contribution in [-0.2, 0) is 4.79 Å². The highest BCUT2D eigenvalue weighted by atomic mass is 16.2. The number of carbonyl (C=O) groups excluding carboxylic acids is 1. The zero-order chi connectivity index (χ0) is 13.4. The van der Waals surface area contributed by atoms with Gasteiger partial charge in [-0.05, 0) is 12.1 Å². The van der Waals surface area contributed by atoms with Crippen molar-refractivity contribution in [3.63, 3.8) is 0 Å². The van der Waals surface area contributed by atoms with E-state index >= 15 is 0 Å². The molecule has 4 nitrogen and oxygen atoms in total. The van der Waals surface area contributed by atoms with E-state index in [1.165, 1.54) is 0 Å². The summed E-state index contributed by atoms with van der Waals surface area (Å²) in [5.41, 5.74) is 1.63. The summed E-state index contributed by atoms with van der Waals surface area (Å²) < 4.78 is 0. The maximum Gasteiger partial charge on any atom is 0.242 e. The van der Waals surface area contributed by atoms with Crippen LogP contribution in [0.5, 0.6) is 0 Å². The lowest BCUT2D eigenvalue weighted by molar-refractivity contribution is -0.126. The van der Waals surface area contributed by atoms with Gasteiger partial charge in [-0.25, -0.2) is 0 Å². The van der Waals surface area contributed by atoms with Gasteiger partial charge >= 0.3 is 0 Å². The van der Waals surface area contributed by atoms with Gasteiger partial charge in [0.15, 0.2) is 0 Å². The lowest BCUT2D eigenvalue weighted by Gasteiger charge is -2.27. The Balaban J connectivity index is 2.21. The molecule has 1 aliphatic rings. The Kier molecular flexibility index (Phi) is 2.60. The van der Waals surface area contributed by atoms with Crippen LogP contribution in [-0.4, -0.2) is 24.5 Å². The number of fused-ring (bicyclic) bond motifs is 1. The van der Waals surface area contributed by atoms with Crippen LogP contribution >= 0.6 is 0 Å². The molecule has 3 rings (SSSR count). The fourth-order valence-corrected chi connectivity index (χ4v) is 2.54. The van der Waals surface area contributed by atoms with Crippen LogP contribution in [0, 0.1) is 11.3 Å². The number of hydrogen-bond acceptors (Lipinski definition) is 3. The quantitative estimate of drug-likeness (QED) is 0.781. The van der Waals surface area contributed by atoms with E-state index in [-0.39, 0.29) is 5.91 Å². The van der Waals surface area contributed by atoms with Gasteiger partial charge in [0.1, 0.15) is 0 Å². The van der Waals surface area contributed by atoms with Crippen LogP contribution in [0.15, 0.2) is 36.4 Å². The van der Waals surface area contributed by atoms with Gasteiger partial charge in [-0.3, -0.25) is 14.8 Å². The molecule has 0 spiro atoms. The predicted molar refractivity (Wildman–Crippen MR) is 73.4 cm³/mol. The number of nitrogens with zero attached hydrogens (tertiary/aromatic N) is 3. The fourth-order valence-electron chi connectivity index (χ4n) is 2.54. The Labute approximate surface area is 111 Å². The molecule has 0 N–H and O–H groups in total. The van der Waals surface area contributed by atoms with Crippen molar-refractivity contribution in [1.82, 2.24) is 5.01 Å². The highest BCUT2D eigenvalue weighted by Gasteiger charge is 2.26. The van der Waals surface area contributed by atoms with E-state index in [0.717, 1.165) is 16.5 Å². The first-order chi connectivity index (χ1) is 9.22. The van der Waals surface area contributed by atoms with E-state index in [1.807, 2.05) is 41.4 Å². The second-order valence-corrected chi connectivity index (χ2v) is 4.58. The molecular weight excluding hydrogens is 238 g/mol. The molecule has 1 amide bonds. The number of carbonyl (C=O) groups is 1. The summed E-state index contributed by atoms with van der Waals surface area (Å²) in [6, 6.07) is 13.7. The number of amides is 1. The maximum absolute atomic E-state index is 11.6. The third kappa shape index (κ3) is 1.71. The van der Waals surface area contributed by atoms with Crippen LogP contribution < -0.4 is 5.01 Å². The number of benzene rings is 2. The Hall–Kier alpha value is -2.54. The maximum atomic E-state index is 11.6. The zero-order valence-electron chi connectivity index (χ0n) is 10.6. The van der Waals surface area contributed by atoms with Crippen LogP contribution in [0.2, 0.25) is 0 Å². The largest absolute Gasteiger partial charge is 0.282 e. The summed E-state index contributed by atoms with van der Waals surface area (Å²) in [6.07, 6.45) is 0.533. The molecule has 94 valence electrons. The minimum atomic E-state index is 0.119. The molecule has 1 fully saturated rings. The number of hydrogen-bond donors (Lipinski definition) is 0. The predicted octanol–water partition coefficient (Wildman–Crippen LogP) is 2.29. The number of hydrazine groups is 1. The van der Waals surface area contributed by atoms with E-state index in [0.29, 0.717) is 18.5 Å². The first-order valence-electron chi connectivity index (χ1n) is 6.18. The van der Waals surface area contributed by atoms with E-state index < -0.39 is 0 Å². The number of nitriles is 1. The molecule has 0 aliphatic carbocycles. The molecule has 2 aromatic carbocycles. The summed E-state index contributed by atoms with van der Waals surface area (Å²) in [7, 11) is 1.78. The Morgan fingerprint density at radius 1 is 1.16 bits per heavy atom. The molecule has 0 atom stereocenters. The SMILES string of the molecule is CN1C(=O)CCN1c1ccc(C#N)c2ccccc12. The van der Waals surface area contributed by atoms with Crippen molar-refractivity contribution in [1.29, 1.82) is 5.26 Å². The van der Waals surface area contributed by atoms with E-state index in [2.05, 4.69) is 6.07 Å². The molecule has 0 saturated carbocycles. The molecule has 1 heterocycles. The van der Waals surface area contributed by atoms with Gasteiger partial charge in [-0.15, -0.1) is 0 Å². The van der Waals surface area contributed by atoms with Crippen LogP contribution in [0.1, 0.15) is 12.0 Å². The molecule has 0 bridgehead atoms. The summed E-state index contributed by atoms with van der Waals surface area (Å²) in [5.74, 6) is 0.119. The Bertz CT molecular complexity index is 702. The van der Waals surface area contributed by atoms with Gasteiger partial charge in [0.2, 0.25) is 5.91 Å². The molecule has 4 heteroatoms. The molecule has 0 unspecified atom stereocenters. The lowest BCUT2D eigenvalue weighted by Crippen LogP contribution is -2.35. The van der Waals surface area contributed by atoms with Gasteiger partial charge in [0.25, 0.3) is 0 Å². The van der Waals surface area contributed by atoms with Crippen molar-refractivity contribution in [3.05, 3.63) is 42.0 Å². The van der Waals surface area contributed by atoms with Crippen molar-refractivity contribution in [2.75, 3.05) is 18.6 Å². The topological polar surface area (TPSA) is 47.3 Å². The summed E-state index contributed by atoms with van der Waals surface area (Å²) >= 11 is 0. The minimum absolute atomic E-state index is 0.119. The average Bonchev–Trinajstić information content (AvgIpc) is 2.78. The Morgan fingerprint density at radius 3 is 2.53 bits per heavy atom. The van der Waals surface area contributed by atoms with Crippen LogP contribution in [0.3, 0.4) is 0 Å². The second kappa shape index (κ2) is 4.29. The smallest absolute Gasteiger partial charge is 0.242 e. The molecule has 0 radical (unpaired) electrons. The van der Waals surface area contributed by atoms with Crippen molar-refractivity contribution in [3.8, 4) is 6.07 Å². The number of rotatable bonds is 1. The van der Waals surface area contributed by atoms with Gasteiger partial charge in [-0.2, -0.15) is 5.26 Å². The normalized spacial score (nSPS) is 15.1. The van der Waals surface area contributed by atoms with E-state index in [4.69, 9.17) is 5.26 Å².